The third-order valence-corrected chi connectivity index (χ3v) is 4.14. The van der Waals surface area contributed by atoms with E-state index < -0.39 is 23.3 Å². The molecule has 0 atom stereocenters. The molecule has 0 bridgehead atoms. The van der Waals surface area contributed by atoms with Gasteiger partial charge in [0.05, 0.1) is 22.3 Å². The van der Waals surface area contributed by atoms with E-state index in [1.165, 1.54) is 10.5 Å². The number of hydrogen-bond donors (Lipinski definition) is 2. The van der Waals surface area contributed by atoms with Gasteiger partial charge >= 0.3 is 12.1 Å². The molecule has 0 fully saturated rings. The zero-order valence-corrected chi connectivity index (χ0v) is 13.4. The lowest BCUT2D eigenvalue weighted by Gasteiger charge is -2.10. The highest BCUT2D eigenvalue weighted by Crippen LogP contribution is 2.32. The van der Waals surface area contributed by atoms with E-state index in [1.54, 1.807) is 30.3 Å². The van der Waals surface area contributed by atoms with Crippen LogP contribution in [0.3, 0.4) is 0 Å². The largest absolute Gasteiger partial charge is 0.476 e. The molecule has 0 spiro atoms. The number of imidazole rings is 1. The Morgan fingerprint density at radius 3 is 2.44 bits per heavy atom. The first-order valence-corrected chi connectivity index (χ1v) is 7.72. The van der Waals surface area contributed by atoms with Gasteiger partial charge in [0.1, 0.15) is 0 Å². The number of fused-ring (bicyclic) bond motifs is 3. The Morgan fingerprint density at radius 2 is 1.81 bits per heavy atom. The van der Waals surface area contributed by atoms with Crippen LogP contribution in [0.5, 0.6) is 0 Å². The number of alkyl halides is 3. The molecule has 0 aliphatic carbocycles. The predicted octanol–water partition coefficient (Wildman–Crippen LogP) is 3.56. The van der Waals surface area contributed by atoms with E-state index >= 15 is 0 Å². The van der Waals surface area contributed by atoms with E-state index in [0.29, 0.717) is 5.56 Å². The molecule has 136 valence electrons. The number of halogens is 3. The van der Waals surface area contributed by atoms with Gasteiger partial charge in [0.25, 0.3) is 5.56 Å². The van der Waals surface area contributed by atoms with E-state index in [-0.39, 0.29) is 28.1 Å². The zero-order valence-electron chi connectivity index (χ0n) is 13.4. The zero-order chi connectivity index (χ0) is 19.3. The van der Waals surface area contributed by atoms with Crippen LogP contribution in [0.15, 0.2) is 53.3 Å². The summed E-state index contributed by atoms with van der Waals surface area (Å²) < 4.78 is 40.3. The smallest absolute Gasteiger partial charge is 0.416 e. The summed E-state index contributed by atoms with van der Waals surface area (Å²) in [5.74, 6) is -1.35. The summed E-state index contributed by atoms with van der Waals surface area (Å²) >= 11 is 0. The Balaban J connectivity index is 2.19. The molecule has 9 heteroatoms. The molecule has 0 amide bonds. The Hall–Kier alpha value is -3.62. The van der Waals surface area contributed by atoms with Crippen molar-refractivity contribution >= 4 is 22.6 Å². The SMILES string of the molecule is O=C(O)c1nc2c(=O)[nH]c3cc(C(F)(F)F)ccc3n2c1-c1ccccc1. The molecule has 2 heterocycles. The molecule has 0 unspecified atom stereocenters. The Morgan fingerprint density at radius 1 is 1.11 bits per heavy atom. The number of aromatic amines is 1. The highest BCUT2D eigenvalue weighted by atomic mass is 19.4. The first kappa shape index (κ1) is 16.8. The van der Waals surface area contributed by atoms with E-state index in [1.807, 2.05) is 0 Å². The lowest BCUT2D eigenvalue weighted by atomic mass is 10.1. The molecule has 0 saturated heterocycles. The highest BCUT2D eigenvalue weighted by Gasteiger charge is 2.31. The van der Waals surface area contributed by atoms with Crippen molar-refractivity contribution in [1.29, 1.82) is 0 Å². The van der Waals surface area contributed by atoms with E-state index in [0.717, 1.165) is 12.1 Å². The fourth-order valence-electron chi connectivity index (χ4n) is 3.00. The van der Waals surface area contributed by atoms with Gasteiger partial charge in [-0.25, -0.2) is 9.78 Å². The number of carbonyl (C=O) groups is 1. The van der Waals surface area contributed by atoms with Crippen molar-refractivity contribution in [2.45, 2.75) is 6.18 Å². The van der Waals surface area contributed by atoms with Gasteiger partial charge in [-0.2, -0.15) is 13.2 Å². The van der Waals surface area contributed by atoms with Crippen molar-refractivity contribution < 1.29 is 23.1 Å². The summed E-state index contributed by atoms with van der Waals surface area (Å²) in [6, 6.07) is 11.2. The lowest BCUT2D eigenvalue weighted by Crippen LogP contribution is -2.12. The molecule has 2 aromatic carbocycles. The molecule has 0 aliphatic heterocycles. The number of hydrogen-bond acceptors (Lipinski definition) is 3. The molecule has 2 aromatic heterocycles. The van der Waals surface area contributed by atoms with Gasteiger partial charge < -0.3 is 10.1 Å². The van der Waals surface area contributed by atoms with E-state index in [4.69, 9.17) is 0 Å². The van der Waals surface area contributed by atoms with Crippen molar-refractivity contribution in [1.82, 2.24) is 14.4 Å². The molecular weight excluding hydrogens is 363 g/mol. The van der Waals surface area contributed by atoms with Crippen molar-refractivity contribution in [3.05, 3.63) is 70.1 Å². The van der Waals surface area contributed by atoms with Gasteiger partial charge in [0, 0.05) is 5.56 Å². The Bertz CT molecular complexity index is 1260. The second-order valence-electron chi connectivity index (χ2n) is 5.82. The number of carboxylic acid groups (broad SMARTS) is 1. The summed E-state index contributed by atoms with van der Waals surface area (Å²) in [6.07, 6.45) is -4.58. The quantitative estimate of drug-likeness (QED) is 0.562. The van der Waals surface area contributed by atoms with Gasteiger partial charge in [-0.05, 0) is 18.2 Å². The normalized spacial score (nSPS) is 12.0. The predicted molar refractivity (Wildman–Crippen MR) is 90.7 cm³/mol. The minimum Gasteiger partial charge on any atom is -0.476 e. The highest BCUT2D eigenvalue weighted by molar-refractivity contribution is 5.96. The summed E-state index contributed by atoms with van der Waals surface area (Å²) in [7, 11) is 0. The van der Waals surface area contributed by atoms with Gasteiger partial charge in [-0.3, -0.25) is 9.20 Å². The van der Waals surface area contributed by atoms with Gasteiger partial charge in [0.15, 0.2) is 5.69 Å². The van der Waals surface area contributed by atoms with Crippen LogP contribution in [0.2, 0.25) is 0 Å². The molecule has 27 heavy (non-hydrogen) atoms. The molecule has 0 radical (unpaired) electrons. The van der Waals surface area contributed by atoms with Crippen LogP contribution in [0.1, 0.15) is 16.1 Å². The first-order valence-electron chi connectivity index (χ1n) is 7.72. The first-order chi connectivity index (χ1) is 12.8. The van der Waals surface area contributed by atoms with Crippen molar-refractivity contribution in [3.8, 4) is 11.3 Å². The van der Waals surface area contributed by atoms with E-state index in [9.17, 15) is 27.9 Å². The number of H-pyrrole nitrogens is 1. The third-order valence-electron chi connectivity index (χ3n) is 4.14. The molecule has 0 aliphatic rings. The lowest BCUT2D eigenvalue weighted by molar-refractivity contribution is -0.137. The van der Waals surface area contributed by atoms with Crippen LogP contribution in [0.25, 0.3) is 27.9 Å². The van der Waals surface area contributed by atoms with Crippen LogP contribution in [-0.2, 0) is 6.18 Å². The molecule has 6 nitrogen and oxygen atoms in total. The minimum absolute atomic E-state index is 0.0751. The topological polar surface area (TPSA) is 87.5 Å². The molecule has 2 N–H and O–H groups in total. The number of rotatable bonds is 2. The molecule has 0 saturated carbocycles. The van der Waals surface area contributed by atoms with Gasteiger partial charge in [-0.1, -0.05) is 30.3 Å². The number of aromatic nitrogens is 3. The van der Waals surface area contributed by atoms with Crippen molar-refractivity contribution in [2.24, 2.45) is 0 Å². The maximum Gasteiger partial charge on any atom is 0.416 e. The number of carboxylic acids is 1. The monoisotopic (exact) mass is 373 g/mol. The van der Waals surface area contributed by atoms with Gasteiger partial charge in [-0.15, -0.1) is 0 Å². The standard InChI is InChI=1S/C18H10F3N3O3/c19-18(20,21)10-6-7-12-11(8-10)22-16(25)15-23-13(17(26)27)14(24(12)15)9-4-2-1-3-5-9/h1-8H,(H,22,25)(H,26,27). The van der Waals surface area contributed by atoms with Crippen LogP contribution in [0, 0.1) is 0 Å². The summed E-state index contributed by atoms with van der Waals surface area (Å²) in [4.78, 5) is 30.3. The second kappa shape index (κ2) is 5.70. The number of benzene rings is 2. The number of aromatic carboxylic acids is 1. The Labute approximate surface area is 148 Å². The minimum atomic E-state index is -4.58. The fraction of sp³-hybridized carbons (Fsp3) is 0.0556. The fourth-order valence-corrected chi connectivity index (χ4v) is 3.00. The summed E-state index contributed by atoms with van der Waals surface area (Å²) in [5, 5.41) is 9.50. The average Bonchev–Trinajstić information content (AvgIpc) is 3.03. The maximum atomic E-state index is 13.0. The Kier molecular flexibility index (Phi) is 3.55. The van der Waals surface area contributed by atoms with Gasteiger partial charge in [0.2, 0.25) is 5.65 Å². The third kappa shape index (κ3) is 2.64. The van der Waals surface area contributed by atoms with Crippen LogP contribution in [0.4, 0.5) is 13.2 Å². The summed E-state index contributed by atoms with van der Waals surface area (Å²) in [5.41, 5.74) is -1.57. The van der Waals surface area contributed by atoms with Crippen molar-refractivity contribution in [3.63, 3.8) is 0 Å². The van der Waals surface area contributed by atoms with E-state index in [2.05, 4.69) is 9.97 Å². The number of nitrogens with one attached hydrogen (secondary N) is 1. The molecule has 4 aromatic rings. The van der Waals surface area contributed by atoms with Crippen LogP contribution < -0.4 is 5.56 Å². The van der Waals surface area contributed by atoms with Crippen LogP contribution in [-0.4, -0.2) is 25.4 Å². The maximum absolute atomic E-state index is 13.0. The van der Waals surface area contributed by atoms with Crippen molar-refractivity contribution in [2.75, 3.05) is 0 Å². The summed E-state index contributed by atoms with van der Waals surface area (Å²) in [6.45, 7) is 0. The second-order valence-corrected chi connectivity index (χ2v) is 5.82. The molecule has 4 rings (SSSR count). The average molecular weight is 373 g/mol. The van der Waals surface area contributed by atoms with Crippen LogP contribution >= 0.6 is 0 Å². The molecular formula is C18H10F3N3O3. The number of nitrogens with zero attached hydrogens (tertiary/aromatic N) is 2.